The maximum absolute atomic E-state index is 14.4. The lowest BCUT2D eigenvalue weighted by molar-refractivity contribution is -0.124. The molecule has 2 aliphatic rings. The molecule has 2 N–H and O–H groups in total. The number of nitrogens with zero attached hydrogens (tertiary/aromatic N) is 4. The van der Waals surface area contributed by atoms with Gasteiger partial charge in [-0.3, -0.25) is 9.48 Å². The number of alkyl carbamates (subject to hydrolysis) is 1. The Morgan fingerprint density at radius 1 is 1.06 bits per heavy atom. The highest BCUT2D eigenvalue weighted by molar-refractivity contribution is 5.95. The lowest BCUT2D eigenvalue weighted by Crippen LogP contribution is -2.43. The molecular formula is C39H51N5O5. The van der Waals surface area contributed by atoms with Gasteiger partial charge in [-0.2, -0.15) is 10.4 Å². The van der Waals surface area contributed by atoms with E-state index in [4.69, 9.17) is 9.47 Å². The third-order valence-electron chi connectivity index (χ3n) is 9.95. The van der Waals surface area contributed by atoms with Crippen LogP contribution in [0.3, 0.4) is 0 Å². The van der Waals surface area contributed by atoms with Gasteiger partial charge in [-0.1, -0.05) is 18.2 Å². The molecule has 0 radical (unpaired) electrons. The number of hydrogen-bond donors (Lipinski definition) is 2. The van der Waals surface area contributed by atoms with Crippen LogP contribution in [0.2, 0.25) is 0 Å². The van der Waals surface area contributed by atoms with Gasteiger partial charge in [-0.25, -0.2) is 4.79 Å². The quantitative estimate of drug-likeness (QED) is 0.218. The molecule has 1 aromatic heterocycles. The zero-order chi connectivity index (χ0) is 35.1. The number of carbonyl (C=O) groups is 2. The number of hydrogen-bond acceptors (Lipinski definition) is 7. The van der Waals surface area contributed by atoms with E-state index < -0.39 is 11.7 Å². The molecule has 0 aliphatic heterocycles. The van der Waals surface area contributed by atoms with Crippen molar-refractivity contribution in [1.29, 1.82) is 5.26 Å². The first-order chi connectivity index (χ1) is 23.4. The van der Waals surface area contributed by atoms with E-state index in [1.54, 1.807) is 21.0 Å². The van der Waals surface area contributed by atoms with E-state index in [0.717, 1.165) is 42.5 Å². The van der Waals surface area contributed by atoms with Gasteiger partial charge in [0.05, 0.1) is 24.5 Å². The van der Waals surface area contributed by atoms with Crippen molar-refractivity contribution in [3.8, 4) is 22.9 Å². The van der Waals surface area contributed by atoms with Gasteiger partial charge in [0, 0.05) is 42.5 Å². The van der Waals surface area contributed by atoms with E-state index in [1.165, 1.54) is 5.56 Å². The topological polar surface area (TPSA) is 130 Å². The standard InChI is InChI=1S/C39H51N5O5/c1-26(2)44-24-33(22-42-44)30-7-6-8-34(20-30)43(37(45)29-13-16-35(17-14-29)49-38(46)41-25-39(3,4)47)23-27-9-11-28(12-10-27)31-15-18-36(48-5)32(19-31)21-40/h6-8,15,18-20,22,24,26-29,35,47H,9-14,16-17,23,25H2,1-5H3,(H,41,46)/t27-,28-,29-,35-. The fraction of sp³-hybridized carbons (Fsp3) is 0.538. The molecule has 10 nitrogen and oxygen atoms in total. The number of aromatic nitrogens is 2. The molecular weight excluding hydrogens is 618 g/mol. The van der Waals surface area contributed by atoms with E-state index in [-0.39, 0.29) is 30.5 Å². The van der Waals surface area contributed by atoms with Crippen molar-refractivity contribution < 1.29 is 24.2 Å². The van der Waals surface area contributed by atoms with Gasteiger partial charge in [0.1, 0.15) is 17.9 Å². The average Bonchev–Trinajstić information content (AvgIpc) is 3.61. The zero-order valence-corrected chi connectivity index (χ0v) is 29.5. The van der Waals surface area contributed by atoms with E-state index in [0.29, 0.717) is 55.4 Å². The molecule has 2 amide bonds. The second-order valence-electron chi connectivity index (χ2n) is 14.6. The summed E-state index contributed by atoms with van der Waals surface area (Å²) in [5, 5.41) is 26.7. The van der Waals surface area contributed by atoms with Gasteiger partial charge < -0.3 is 24.8 Å². The van der Waals surface area contributed by atoms with Crippen LogP contribution < -0.4 is 15.0 Å². The van der Waals surface area contributed by atoms with Gasteiger partial charge in [0.2, 0.25) is 5.91 Å². The maximum Gasteiger partial charge on any atom is 0.407 e. The monoisotopic (exact) mass is 669 g/mol. The van der Waals surface area contributed by atoms with Crippen LogP contribution in [0.25, 0.3) is 11.1 Å². The summed E-state index contributed by atoms with van der Waals surface area (Å²) in [6.07, 6.45) is 9.63. The molecule has 0 saturated heterocycles. The number of carbonyl (C=O) groups excluding carboxylic acids is 2. The number of anilines is 1. The van der Waals surface area contributed by atoms with Crippen molar-refractivity contribution in [2.45, 2.75) is 103 Å². The van der Waals surface area contributed by atoms with Crippen molar-refractivity contribution in [1.82, 2.24) is 15.1 Å². The maximum atomic E-state index is 14.4. The van der Waals surface area contributed by atoms with Crippen LogP contribution >= 0.6 is 0 Å². The smallest absolute Gasteiger partial charge is 0.407 e. The highest BCUT2D eigenvalue weighted by Gasteiger charge is 2.34. The van der Waals surface area contributed by atoms with E-state index in [2.05, 4.69) is 48.5 Å². The summed E-state index contributed by atoms with van der Waals surface area (Å²) in [4.78, 5) is 28.7. The minimum atomic E-state index is -1.02. The van der Waals surface area contributed by atoms with Gasteiger partial charge in [0.15, 0.2) is 0 Å². The molecule has 262 valence electrons. The van der Waals surface area contributed by atoms with Crippen LogP contribution in [0, 0.1) is 23.2 Å². The third kappa shape index (κ3) is 9.42. The molecule has 2 fully saturated rings. The number of ether oxygens (including phenoxy) is 2. The number of amides is 2. The summed E-state index contributed by atoms with van der Waals surface area (Å²) in [5.74, 6) is 1.28. The first-order valence-electron chi connectivity index (χ1n) is 17.6. The third-order valence-corrected chi connectivity index (χ3v) is 9.95. The van der Waals surface area contributed by atoms with Crippen molar-refractivity contribution in [3.63, 3.8) is 0 Å². The van der Waals surface area contributed by atoms with Crippen LogP contribution in [-0.2, 0) is 9.53 Å². The zero-order valence-electron chi connectivity index (χ0n) is 29.5. The summed E-state index contributed by atoms with van der Waals surface area (Å²) >= 11 is 0. The summed E-state index contributed by atoms with van der Waals surface area (Å²) in [6.45, 7) is 8.20. The summed E-state index contributed by atoms with van der Waals surface area (Å²) in [5.41, 5.74) is 3.64. The Hall–Kier alpha value is -4.36. The number of aliphatic hydroxyl groups is 1. The number of nitrogens with one attached hydrogen (secondary N) is 1. The summed E-state index contributed by atoms with van der Waals surface area (Å²) in [6, 6.07) is 16.6. The molecule has 1 heterocycles. The molecule has 0 spiro atoms. The lowest BCUT2D eigenvalue weighted by atomic mass is 9.78. The van der Waals surface area contributed by atoms with Crippen LogP contribution in [0.4, 0.5) is 10.5 Å². The Morgan fingerprint density at radius 2 is 1.80 bits per heavy atom. The normalized spacial score (nSPS) is 21.1. The Morgan fingerprint density at radius 3 is 2.43 bits per heavy atom. The van der Waals surface area contributed by atoms with Crippen molar-refractivity contribution in [2.75, 3.05) is 25.1 Å². The largest absolute Gasteiger partial charge is 0.495 e. The Kier molecular flexibility index (Phi) is 11.7. The summed E-state index contributed by atoms with van der Waals surface area (Å²) < 4.78 is 12.9. The molecule has 3 aromatic rings. The fourth-order valence-electron chi connectivity index (χ4n) is 7.08. The lowest BCUT2D eigenvalue weighted by Gasteiger charge is -2.36. The predicted octanol–water partition coefficient (Wildman–Crippen LogP) is 7.37. The molecule has 5 rings (SSSR count). The Balaban J connectivity index is 1.29. The average molecular weight is 670 g/mol. The molecule has 49 heavy (non-hydrogen) atoms. The molecule has 0 unspecified atom stereocenters. The first-order valence-corrected chi connectivity index (χ1v) is 17.6. The van der Waals surface area contributed by atoms with Crippen molar-refractivity contribution in [3.05, 3.63) is 66.0 Å². The van der Waals surface area contributed by atoms with Crippen LogP contribution in [-0.4, -0.2) is 58.8 Å². The second kappa shape index (κ2) is 15.9. The van der Waals surface area contributed by atoms with Gasteiger partial charge in [0.25, 0.3) is 0 Å². The molecule has 0 atom stereocenters. The number of benzene rings is 2. The Labute approximate surface area is 290 Å². The minimum Gasteiger partial charge on any atom is -0.495 e. The second-order valence-corrected chi connectivity index (χ2v) is 14.6. The molecule has 2 aromatic carbocycles. The summed E-state index contributed by atoms with van der Waals surface area (Å²) in [7, 11) is 1.59. The highest BCUT2D eigenvalue weighted by atomic mass is 16.6. The molecule has 10 heteroatoms. The highest BCUT2D eigenvalue weighted by Crippen LogP contribution is 2.39. The first kappa shape index (κ1) is 35.9. The van der Waals surface area contributed by atoms with E-state index in [9.17, 15) is 20.0 Å². The number of rotatable bonds is 11. The van der Waals surface area contributed by atoms with Gasteiger partial charge >= 0.3 is 6.09 Å². The molecule has 0 bridgehead atoms. The van der Waals surface area contributed by atoms with Crippen LogP contribution in [0.5, 0.6) is 5.75 Å². The predicted molar refractivity (Wildman–Crippen MR) is 189 cm³/mol. The van der Waals surface area contributed by atoms with E-state index >= 15 is 0 Å². The van der Waals surface area contributed by atoms with Crippen LogP contribution in [0.15, 0.2) is 54.9 Å². The SMILES string of the molecule is COc1ccc([C@H]2CC[C@H](CN(c3cccc(-c4cnn(C(C)C)c4)c3)C(=O)[C@H]3CC[C@H](OC(=O)NCC(C)(C)O)CC3)CC2)cc1C#N. The van der Waals surface area contributed by atoms with Crippen molar-refractivity contribution in [2.24, 2.45) is 11.8 Å². The van der Waals surface area contributed by atoms with E-state index in [1.807, 2.05) is 46.2 Å². The minimum absolute atomic E-state index is 0.106. The van der Waals surface area contributed by atoms with Crippen molar-refractivity contribution >= 4 is 17.7 Å². The number of methoxy groups -OCH3 is 1. The fourth-order valence-corrected chi connectivity index (χ4v) is 7.08. The molecule has 2 saturated carbocycles. The van der Waals surface area contributed by atoms with Crippen LogP contribution in [0.1, 0.15) is 102 Å². The number of nitriles is 1. The van der Waals surface area contributed by atoms with Gasteiger partial charge in [-0.05, 0) is 126 Å². The van der Waals surface area contributed by atoms with Gasteiger partial charge in [-0.15, -0.1) is 0 Å². The molecule has 2 aliphatic carbocycles. The Bertz CT molecular complexity index is 1620.